The zero-order valence-corrected chi connectivity index (χ0v) is 40.3. The van der Waals surface area contributed by atoms with E-state index in [1.165, 1.54) is 0 Å². The Balaban J connectivity index is 0.00000136. The Labute approximate surface area is 385 Å². The van der Waals surface area contributed by atoms with E-state index in [0.29, 0.717) is 0 Å². The van der Waals surface area contributed by atoms with E-state index in [2.05, 4.69) is 142 Å². The van der Waals surface area contributed by atoms with E-state index in [9.17, 15) is 10.2 Å². The first-order chi connectivity index (χ1) is 28.6. The van der Waals surface area contributed by atoms with Crippen LogP contribution in [-0.2, 0) is 52.8 Å². The molecule has 0 heterocycles. The summed E-state index contributed by atoms with van der Waals surface area (Å²) in [5.74, 6) is -2.69. The van der Waals surface area contributed by atoms with E-state index >= 15 is 0 Å². The number of phenolic OH excluding ortho intramolecular Hbond substituents is 2. The first-order valence-corrected chi connectivity index (χ1v) is 21.1. The molecule has 0 spiro atoms. The molecule has 4 aromatic carbocycles. The molecule has 0 radical (unpaired) electrons. The second-order valence-electron chi connectivity index (χ2n) is 18.9. The van der Waals surface area contributed by atoms with Gasteiger partial charge >= 0.3 is 16.8 Å². The van der Waals surface area contributed by atoms with Crippen molar-refractivity contribution < 1.29 is 56.7 Å². The maximum atomic E-state index is 11.8. The number of hydrogen-bond donors (Lipinski definition) is 2. The summed E-state index contributed by atoms with van der Waals surface area (Å²) in [6, 6.07) is 29.3. The quantitative estimate of drug-likeness (QED) is 0.171. The number of phenols is 2. The number of carbonyl (C=O) groups is 3. The summed E-state index contributed by atoms with van der Waals surface area (Å²) in [7, 11) is 0. The third-order valence-electron chi connectivity index (χ3n) is 10.9. The molecule has 1 aliphatic rings. The smallest absolute Gasteiger partial charge is 0.550 e. The average Bonchev–Trinajstić information content (AvgIpc) is 3.16. The van der Waals surface area contributed by atoms with Crippen LogP contribution in [0, 0.1) is 0 Å². The summed E-state index contributed by atoms with van der Waals surface area (Å²) in [4.78, 5) is 36.9. The monoisotopic (exact) mass is 906 g/mol. The molecule has 342 valence electrons. The molecule has 4 aromatic rings. The van der Waals surface area contributed by atoms with Gasteiger partial charge in [-0.25, -0.2) is 0 Å². The Morgan fingerprint density at radius 2 is 0.794 bits per heavy atom. The first-order valence-electron chi connectivity index (χ1n) is 21.1. The maximum Gasteiger partial charge on any atom is 3.00 e. The molecule has 1 fully saturated rings. The summed E-state index contributed by atoms with van der Waals surface area (Å²) in [5, 5.41) is 50.2. The van der Waals surface area contributed by atoms with Crippen LogP contribution in [0.3, 0.4) is 0 Å². The fourth-order valence-electron chi connectivity index (χ4n) is 7.14. The fourth-order valence-corrected chi connectivity index (χ4v) is 7.14. The molecule has 0 saturated heterocycles. The largest absolute Gasteiger partial charge is 3.00 e. The first kappa shape index (κ1) is 55.8. The van der Waals surface area contributed by atoms with Crippen molar-refractivity contribution in [3.8, 4) is 11.5 Å². The predicted octanol–water partition coefficient (Wildman–Crippen LogP) is 7.46. The molecule has 1 saturated carbocycles. The standard InChI is InChI=1S/C46H58N2O2.3C2H4O2.Co/c1-43(2,3)35-25-31(41(49)37(27-35)45(7,8)33-19-13-11-14-20-33)29-47-39-23-17-18-24-40(39)48-30-32-26-36(44(4,5)6)28-38(42(32)50)46(9,10)34-21-15-12-16-22-34;3*1-2(3)4;/h11-16,19-22,25-30,39-40,49-50H,17-18,23-24H2,1-10H3;3*1H3,(H,3,4);/q;;;;+3/p-3/t39-,40-;;;;/m1..../s1. The molecule has 0 unspecified atom stereocenters. The van der Waals surface area contributed by atoms with Gasteiger partial charge in [-0.05, 0) is 78.8 Å². The van der Waals surface area contributed by atoms with Crippen molar-refractivity contribution in [3.63, 3.8) is 0 Å². The van der Waals surface area contributed by atoms with Crippen LogP contribution in [0.1, 0.15) is 160 Å². The topological polar surface area (TPSA) is 186 Å². The van der Waals surface area contributed by atoms with Crippen molar-refractivity contribution in [2.75, 3.05) is 0 Å². The minimum absolute atomic E-state index is 0. The summed E-state index contributed by atoms with van der Waals surface area (Å²) >= 11 is 0. The summed E-state index contributed by atoms with van der Waals surface area (Å²) < 4.78 is 0. The molecule has 5 rings (SSSR count). The second-order valence-corrected chi connectivity index (χ2v) is 18.9. The van der Waals surface area contributed by atoms with Crippen LogP contribution in [0.25, 0.3) is 0 Å². The van der Waals surface area contributed by atoms with Gasteiger partial charge in [-0.15, -0.1) is 0 Å². The van der Waals surface area contributed by atoms with Gasteiger partial charge in [0, 0.05) is 63.4 Å². The van der Waals surface area contributed by atoms with Crippen LogP contribution in [0.15, 0.2) is 94.9 Å². The fraction of sp³-hybridized carbons (Fsp3) is 0.442. The van der Waals surface area contributed by atoms with Crippen molar-refractivity contribution >= 4 is 30.3 Å². The number of benzene rings is 4. The van der Waals surface area contributed by atoms with Crippen LogP contribution in [0.2, 0.25) is 0 Å². The minimum atomic E-state index is -1.08. The molecule has 10 nitrogen and oxygen atoms in total. The zero-order valence-electron chi connectivity index (χ0n) is 39.3. The molecule has 2 N–H and O–H groups in total. The van der Waals surface area contributed by atoms with Gasteiger partial charge in [-0.3, -0.25) is 9.98 Å². The van der Waals surface area contributed by atoms with Crippen molar-refractivity contribution in [1.82, 2.24) is 0 Å². The van der Waals surface area contributed by atoms with Gasteiger partial charge in [-0.1, -0.05) is 155 Å². The summed E-state index contributed by atoms with van der Waals surface area (Å²) in [6.07, 6.45) is 7.81. The van der Waals surface area contributed by atoms with Crippen molar-refractivity contribution in [2.24, 2.45) is 9.98 Å². The van der Waals surface area contributed by atoms with Gasteiger partial charge in [-0.2, -0.15) is 0 Å². The molecule has 1 aliphatic carbocycles. The Morgan fingerprint density at radius 1 is 0.524 bits per heavy atom. The van der Waals surface area contributed by atoms with Gasteiger partial charge in [0.2, 0.25) is 0 Å². The zero-order chi connectivity index (χ0) is 47.2. The number of aliphatic imine (C=N–C) groups is 2. The van der Waals surface area contributed by atoms with Gasteiger partial charge in [0.1, 0.15) is 11.5 Å². The van der Waals surface area contributed by atoms with E-state index in [1.807, 2.05) is 24.6 Å². The number of rotatable bonds is 8. The number of carbonyl (C=O) groups excluding carboxylic acids is 3. The molecule has 2 atom stereocenters. The number of carboxylic acid groups (broad SMARTS) is 3. The number of aliphatic carboxylic acids is 3. The molecule has 0 bridgehead atoms. The van der Waals surface area contributed by atoms with Gasteiger partial charge in [0.05, 0.1) is 12.1 Å². The third-order valence-corrected chi connectivity index (χ3v) is 10.9. The molecule has 11 heteroatoms. The molecule has 0 aliphatic heterocycles. The van der Waals surface area contributed by atoms with Crippen LogP contribution in [0.5, 0.6) is 11.5 Å². The van der Waals surface area contributed by atoms with E-state index in [4.69, 9.17) is 39.7 Å². The van der Waals surface area contributed by atoms with E-state index in [1.54, 1.807) is 0 Å². The maximum absolute atomic E-state index is 11.8. The summed E-state index contributed by atoms with van der Waals surface area (Å²) in [6.45, 7) is 24.9. The summed E-state index contributed by atoms with van der Waals surface area (Å²) in [5.41, 5.74) is 6.92. The van der Waals surface area contributed by atoms with Crippen molar-refractivity contribution in [1.29, 1.82) is 0 Å². The van der Waals surface area contributed by atoms with Crippen LogP contribution < -0.4 is 15.3 Å². The number of aromatic hydroxyl groups is 2. The van der Waals surface area contributed by atoms with E-state index < -0.39 is 28.7 Å². The molecular weight excluding hydrogens is 840 g/mol. The molecule has 63 heavy (non-hydrogen) atoms. The molecule has 0 aromatic heterocycles. The minimum Gasteiger partial charge on any atom is -0.550 e. The normalized spacial score (nSPS) is 15.4. The van der Waals surface area contributed by atoms with E-state index in [-0.39, 0.29) is 51.2 Å². The van der Waals surface area contributed by atoms with Crippen LogP contribution in [0.4, 0.5) is 0 Å². The predicted molar refractivity (Wildman–Crippen MR) is 244 cm³/mol. The SMILES string of the molecule is CC(=O)[O-].CC(=O)[O-].CC(=O)[O-].CC(C)(C)c1cc(C=N[C@@H]2CCCC[C@H]2N=Cc2cc(C(C)(C)C)cc(C(C)(C)c3ccccc3)c2O)c(O)c(C(C)(C)c2ccccc2)c1.[Co+3]. The van der Waals surface area contributed by atoms with Gasteiger partial charge in [0.15, 0.2) is 0 Å². The van der Waals surface area contributed by atoms with Crippen LogP contribution in [-0.4, -0.2) is 52.6 Å². The second kappa shape index (κ2) is 24.0. The van der Waals surface area contributed by atoms with E-state index in [0.717, 1.165) is 91.0 Å². The van der Waals surface area contributed by atoms with Crippen molar-refractivity contribution in [3.05, 3.63) is 129 Å². The number of carboxylic acids is 3. The number of nitrogens with zero attached hydrogens (tertiary/aromatic N) is 2. The number of hydrogen-bond acceptors (Lipinski definition) is 10. The van der Waals surface area contributed by atoms with Crippen LogP contribution >= 0.6 is 0 Å². The average molecular weight is 907 g/mol. The molecular formula is C52H67CoN2O8. The Bertz CT molecular complexity index is 1990. The Kier molecular flexibility index (Phi) is 21.2. The van der Waals surface area contributed by atoms with Crippen molar-refractivity contribution in [2.45, 2.75) is 149 Å². The Morgan fingerprint density at radius 3 is 1.05 bits per heavy atom. The Hall–Kier alpha value is -5.26. The van der Waals surface area contributed by atoms with Gasteiger partial charge in [0.25, 0.3) is 0 Å². The third kappa shape index (κ3) is 17.1. The van der Waals surface area contributed by atoms with Gasteiger partial charge < -0.3 is 39.9 Å². The molecule has 0 amide bonds.